The minimum Gasteiger partial charge on any atom is -0.346 e. The van der Waals surface area contributed by atoms with Crippen LogP contribution in [0.3, 0.4) is 0 Å². The smallest absolute Gasteiger partial charge is 0.261 e. The van der Waals surface area contributed by atoms with Crippen molar-refractivity contribution in [2.75, 3.05) is 0 Å². The van der Waals surface area contributed by atoms with Crippen molar-refractivity contribution >= 4 is 33.4 Å². The van der Waals surface area contributed by atoms with Gasteiger partial charge < -0.3 is 10.6 Å². The lowest BCUT2D eigenvalue weighted by Gasteiger charge is -2.22. The van der Waals surface area contributed by atoms with Crippen LogP contribution in [-0.2, 0) is 18.3 Å². The Kier molecular flexibility index (Phi) is 4.31. The van der Waals surface area contributed by atoms with E-state index in [1.807, 2.05) is 44.3 Å². The Morgan fingerprint density at radius 1 is 1.33 bits per heavy atom. The van der Waals surface area contributed by atoms with E-state index in [-0.39, 0.29) is 23.9 Å². The molecule has 0 spiro atoms. The van der Waals surface area contributed by atoms with Crippen molar-refractivity contribution in [3.8, 4) is 0 Å². The van der Waals surface area contributed by atoms with Crippen LogP contribution in [0, 0.1) is 6.92 Å². The molecule has 1 aromatic carbocycles. The summed E-state index contributed by atoms with van der Waals surface area (Å²) in [6.07, 6.45) is 1.93. The van der Waals surface area contributed by atoms with E-state index < -0.39 is 0 Å². The molecule has 2 atom stereocenters. The van der Waals surface area contributed by atoms with Crippen LogP contribution in [0.4, 0.5) is 0 Å². The van der Waals surface area contributed by atoms with E-state index >= 15 is 0 Å². The molecule has 2 amide bonds. The summed E-state index contributed by atoms with van der Waals surface area (Å²) in [5.41, 5.74) is 3.08. The number of carbonyl (C=O) groups is 2. The van der Waals surface area contributed by atoms with Gasteiger partial charge in [-0.25, -0.2) is 0 Å². The van der Waals surface area contributed by atoms with Crippen LogP contribution < -0.4 is 10.6 Å². The van der Waals surface area contributed by atoms with Gasteiger partial charge in [0.25, 0.3) is 5.91 Å². The minimum absolute atomic E-state index is 0.133. The standard InChI is InChI=1S/C20H20N4O2S/c1-4-17(25)22-18-13-8-6-5-7-12(13)9-15(18)21-19(26)16-10-14-11(2)23-24(3)20(14)27-16/h4-8,10,15,18H,1,9H2,2-3H3,(H,21,26)(H,22,25)/t15-,18-/m1/s1. The second-order valence-corrected chi connectivity index (χ2v) is 7.74. The number of nitrogens with one attached hydrogen (secondary N) is 2. The first kappa shape index (κ1) is 17.5. The Bertz CT molecular complexity index is 1030. The molecule has 0 saturated carbocycles. The van der Waals surface area contributed by atoms with Crippen molar-refractivity contribution in [3.63, 3.8) is 0 Å². The van der Waals surface area contributed by atoms with Gasteiger partial charge in [0.1, 0.15) is 4.83 Å². The summed E-state index contributed by atoms with van der Waals surface area (Å²) < 4.78 is 1.80. The average Bonchev–Trinajstić information content (AvgIpc) is 3.31. The number of benzene rings is 1. The lowest BCUT2D eigenvalue weighted by atomic mass is 10.1. The monoisotopic (exact) mass is 380 g/mol. The molecule has 1 aliphatic rings. The molecule has 4 rings (SSSR count). The summed E-state index contributed by atoms with van der Waals surface area (Å²) in [4.78, 5) is 26.4. The normalized spacial score (nSPS) is 18.3. The first-order valence-electron chi connectivity index (χ1n) is 8.72. The van der Waals surface area contributed by atoms with E-state index in [4.69, 9.17) is 0 Å². The first-order valence-corrected chi connectivity index (χ1v) is 9.54. The van der Waals surface area contributed by atoms with Gasteiger partial charge in [-0.15, -0.1) is 11.3 Å². The Balaban J connectivity index is 1.59. The molecule has 0 saturated heterocycles. The molecule has 1 aliphatic carbocycles. The highest BCUT2D eigenvalue weighted by Gasteiger charge is 2.34. The first-order chi connectivity index (χ1) is 13.0. The summed E-state index contributed by atoms with van der Waals surface area (Å²) in [6, 6.07) is 9.34. The topological polar surface area (TPSA) is 76.0 Å². The average molecular weight is 380 g/mol. The zero-order valence-corrected chi connectivity index (χ0v) is 16.0. The molecule has 0 bridgehead atoms. The molecule has 3 aromatic rings. The number of rotatable bonds is 4. The number of thiophene rings is 1. The van der Waals surface area contributed by atoms with Crippen molar-refractivity contribution in [2.24, 2.45) is 7.05 Å². The van der Waals surface area contributed by atoms with Crippen molar-refractivity contribution in [2.45, 2.75) is 25.4 Å². The maximum absolute atomic E-state index is 12.9. The maximum atomic E-state index is 12.9. The number of aryl methyl sites for hydroxylation is 2. The molecule has 2 heterocycles. The van der Waals surface area contributed by atoms with Crippen LogP contribution in [0.15, 0.2) is 43.0 Å². The van der Waals surface area contributed by atoms with Crippen LogP contribution in [0.25, 0.3) is 10.2 Å². The second kappa shape index (κ2) is 6.66. The van der Waals surface area contributed by atoms with Crippen LogP contribution in [0.5, 0.6) is 0 Å². The maximum Gasteiger partial charge on any atom is 0.261 e. The van der Waals surface area contributed by atoms with Crippen molar-refractivity contribution in [3.05, 3.63) is 64.7 Å². The molecular formula is C20H20N4O2S. The zero-order chi connectivity index (χ0) is 19.1. The quantitative estimate of drug-likeness (QED) is 0.683. The predicted octanol–water partition coefficient (Wildman–Crippen LogP) is 2.64. The van der Waals surface area contributed by atoms with Crippen molar-refractivity contribution in [1.82, 2.24) is 20.4 Å². The Hall–Kier alpha value is -2.93. The molecule has 138 valence electrons. The summed E-state index contributed by atoms with van der Waals surface area (Å²) in [5.74, 6) is -0.384. The Labute approximate surface area is 160 Å². The largest absolute Gasteiger partial charge is 0.346 e. The van der Waals surface area contributed by atoms with Crippen LogP contribution in [-0.4, -0.2) is 27.6 Å². The van der Waals surface area contributed by atoms with E-state index in [0.717, 1.165) is 27.0 Å². The number of nitrogens with zero attached hydrogens (tertiary/aromatic N) is 2. The number of amides is 2. The SMILES string of the molecule is C=CC(=O)N[C@@H]1c2ccccc2C[C@H]1NC(=O)c1cc2c(C)nn(C)c2s1. The Morgan fingerprint density at radius 3 is 2.85 bits per heavy atom. The fourth-order valence-corrected chi connectivity index (χ4v) is 4.70. The van der Waals surface area contributed by atoms with Gasteiger partial charge in [0, 0.05) is 12.4 Å². The lowest BCUT2D eigenvalue weighted by molar-refractivity contribution is -0.117. The lowest BCUT2D eigenvalue weighted by Crippen LogP contribution is -2.43. The van der Waals surface area contributed by atoms with Gasteiger partial charge in [0.05, 0.1) is 22.7 Å². The van der Waals surface area contributed by atoms with E-state index in [0.29, 0.717) is 11.3 Å². The molecule has 27 heavy (non-hydrogen) atoms. The van der Waals surface area contributed by atoms with Crippen molar-refractivity contribution in [1.29, 1.82) is 0 Å². The predicted molar refractivity (Wildman–Crippen MR) is 106 cm³/mol. The molecule has 0 aliphatic heterocycles. The number of hydrogen-bond donors (Lipinski definition) is 2. The number of fused-ring (bicyclic) bond motifs is 2. The highest BCUT2D eigenvalue weighted by atomic mass is 32.1. The Morgan fingerprint density at radius 2 is 2.11 bits per heavy atom. The van der Waals surface area contributed by atoms with Crippen LogP contribution in [0.2, 0.25) is 0 Å². The van der Waals surface area contributed by atoms with Gasteiger partial charge in [-0.1, -0.05) is 30.8 Å². The molecule has 6 nitrogen and oxygen atoms in total. The van der Waals surface area contributed by atoms with E-state index in [2.05, 4.69) is 22.3 Å². The number of carbonyl (C=O) groups excluding carboxylic acids is 2. The molecule has 2 aromatic heterocycles. The fourth-order valence-electron chi connectivity index (χ4n) is 3.68. The van der Waals surface area contributed by atoms with Gasteiger partial charge in [-0.2, -0.15) is 5.10 Å². The highest BCUT2D eigenvalue weighted by Crippen LogP contribution is 2.32. The van der Waals surface area contributed by atoms with Gasteiger partial charge in [0.15, 0.2) is 0 Å². The molecular weight excluding hydrogens is 360 g/mol. The summed E-state index contributed by atoms with van der Waals surface area (Å²) >= 11 is 1.42. The third kappa shape index (κ3) is 3.04. The molecule has 0 unspecified atom stereocenters. The van der Waals surface area contributed by atoms with E-state index in [9.17, 15) is 9.59 Å². The minimum atomic E-state index is -0.270. The number of aromatic nitrogens is 2. The fraction of sp³-hybridized carbons (Fsp3) is 0.250. The van der Waals surface area contributed by atoms with Gasteiger partial charge >= 0.3 is 0 Å². The zero-order valence-electron chi connectivity index (χ0n) is 15.2. The highest BCUT2D eigenvalue weighted by molar-refractivity contribution is 7.20. The third-order valence-corrected chi connectivity index (χ3v) is 6.15. The number of hydrogen-bond acceptors (Lipinski definition) is 4. The molecule has 2 N–H and O–H groups in total. The molecule has 0 fully saturated rings. The van der Waals surface area contributed by atoms with Crippen LogP contribution in [0.1, 0.15) is 32.5 Å². The second-order valence-electron chi connectivity index (χ2n) is 6.71. The van der Waals surface area contributed by atoms with Crippen LogP contribution >= 0.6 is 11.3 Å². The molecule has 0 radical (unpaired) electrons. The third-order valence-electron chi connectivity index (χ3n) is 4.95. The van der Waals surface area contributed by atoms with Gasteiger partial charge in [-0.05, 0) is 36.6 Å². The van der Waals surface area contributed by atoms with E-state index in [1.54, 1.807) is 4.68 Å². The summed E-state index contributed by atoms with van der Waals surface area (Å²) in [5, 5.41) is 11.4. The van der Waals surface area contributed by atoms with E-state index in [1.165, 1.54) is 17.4 Å². The van der Waals surface area contributed by atoms with Gasteiger partial charge in [0.2, 0.25) is 5.91 Å². The van der Waals surface area contributed by atoms with Crippen molar-refractivity contribution < 1.29 is 9.59 Å². The van der Waals surface area contributed by atoms with Gasteiger partial charge in [-0.3, -0.25) is 14.3 Å². The summed E-state index contributed by atoms with van der Waals surface area (Å²) in [6.45, 7) is 5.46. The summed E-state index contributed by atoms with van der Waals surface area (Å²) in [7, 11) is 1.88. The molecule has 7 heteroatoms.